The van der Waals surface area contributed by atoms with Crippen molar-refractivity contribution >= 4 is 17.4 Å². The Hall–Kier alpha value is -2.93. The zero-order valence-electron chi connectivity index (χ0n) is 14.7. The van der Waals surface area contributed by atoms with Crippen molar-refractivity contribution in [3.63, 3.8) is 0 Å². The van der Waals surface area contributed by atoms with Gasteiger partial charge in [-0.15, -0.1) is 10.2 Å². The SMILES string of the molecule is CCOc1ccc(-c2nnc3ccc(SCc4ccccc4F)nn23)cc1. The van der Waals surface area contributed by atoms with Crippen LogP contribution in [0.1, 0.15) is 12.5 Å². The molecule has 7 heteroatoms. The number of nitrogens with zero attached hydrogens (tertiary/aromatic N) is 4. The van der Waals surface area contributed by atoms with Gasteiger partial charge in [-0.3, -0.25) is 0 Å². The van der Waals surface area contributed by atoms with Gasteiger partial charge in [-0.25, -0.2) is 4.39 Å². The number of aromatic nitrogens is 4. The van der Waals surface area contributed by atoms with Crippen molar-refractivity contribution in [1.82, 2.24) is 19.8 Å². The van der Waals surface area contributed by atoms with Crippen LogP contribution in [0.4, 0.5) is 4.39 Å². The molecule has 0 atom stereocenters. The summed E-state index contributed by atoms with van der Waals surface area (Å²) >= 11 is 1.47. The monoisotopic (exact) mass is 380 g/mol. The molecule has 5 nitrogen and oxygen atoms in total. The Bertz CT molecular complexity index is 1070. The van der Waals surface area contributed by atoms with E-state index in [1.54, 1.807) is 16.6 Å². The van der Waals surface area contributed by atoms with Crippen LogP contribution in [0.25, 0.3) is 17.0 Å². The van der Waals surface area contributed by atoms with Crippen molar-refractivity contribution in [3.8, 4) is 17.1 Å². The van der Waals surface area contributed by atoms with Crippen molar-refractivity contribution < 1.29 is 9.13 Å². The second kappa shape index (κ2) is 7.75. The number of thioether (sulfide) groups is 1. The van der Waals surface area contributed by atoms with Gasteiger partial charge in [0.15, 0.2) is 11.5 Å². The van der Waals surface area contributed by atoms with Crippen molar-refractivity contribution in [2.24, 2.45) is 0 Å². The van der Waals surface area contributed by atoms with E-state index in [0.717, 1.165) is 16.3 Å². The maximum Gasteiger partial charge on any atom is 0.185 e. The molecule has 0 radical (unpaired) electrons. The van der Waals surface area contributed by atoms with Crippen LogP contribution in [0.3, 0.4) is 0 Å². The van der Waals surface area contributed by atoms with Crippen molar-refractivity contribution in [2.75, 3.05) is 6.61 Å². The molecule has 0 fully saturated rings. The second-order valence-corrected chi connectivity index (χ2v) is 6.80. The number of hydrogen-bond acceptors (Lipinski definition) is 5. The molecule has 0 aliphatic heterocycles. The first-order valence-corrected chi connectivity index (χ1v) is 9.55. The molecule has 2 aromatic carbocycles. The third kappa shape index (κ3) is 3.78. The first-order chi connectivity index (χ1) is 13.2. The number of hydrogen-bond donors (Lipinski definition) is 0. The first kappa shape index (κ1) is 17.5. The fraction of sp³-hybridized carbons (Fsp3) is 0.150. The number of halogens is 1. The van der Waals surface area contributed by atoms with Gasteiger partial charge in [-0.1, -0.05) is 30.0 Å². The molecule has 2 heterocycles. The Morgan fingerprint density at radius 2 is 1.81 bits per heavy atom. The van der Waals surface area contributed by atoms with E-state index in [1.807, 2.05) is 49.4 Å². The predicted octanol–water partition coefficient (Wildman–Crippen LogP) is 4.62. The Kier molecular flexibility index (Phi) is 5.02. The molecular weight excluding hydrogens is 363 g/mol. The van der Waals surface area contributed by atoms with Gasteiger partial charge in [0.1, 0.15) is 16.6 Å². The van der Waals surface area contributed by atoms with E-state index in [1.165, 1.54) is 17.8 Å². The minimum Gasteiger partial charge on any atom is -0.494 e. The van der Waals surface area contributed by atoms with E-state index in [2.05, 4.69) is 15.3 Å². The summed E-state index contributed by atoms with van der Waals surface area (Å²) in [6, 6.07) is 18.2. The molecule has 0 amide bonds. The van der Waals surface area contributed by atoms with Crippen LogP contribution >= 0.6 is 11.8 Å². The largest absolute Gasteiger partial charge is 0.494 e. The molecule has 0 bridgehead atoms. The first-order valence-electron chi connectivity index (χ1n) is 8.56. The number of rotatable bonds is 6. The molecule has 0 saturated carbocycles. The van der Waals surface area contributed by atoms with Crippen molar-refractivity contribution in [3.05, 3.63) is 72.0 Å². The summed E-state index contributed by atoms with van der Waals surface area (Å²) in [6.07, 6.45) is 0. The maximum atomic E-state index is 13.8. The summed E-state index contributed by atoms with van der Waals surface area (Å²) in [7, 11) is 0. The molecule has 0 spiro atoms. The maximum absolute atomic E-state index is 13.8. The minimum absolute atomic E-state index is 0.203. The molecule has 0 N–H and O–H groups in total. The summed E-state index contributed by atoms with van der Waals surface area (Å²) in [4.78, 5) is 0. The van der Waals surface area contributed by atoms with Crippen LogP contribution in [0.5, 0.6) is 5.75 Å². The Morgan fingerprint density at radius 3 is 2.59 bits per heavy atom. The smallest absolute Gasteiger partial charge is 0.185 e. The predicted molar refractivity (Wildman–Crippen MR) is 103 cm³/mol. The fourth-order valence-corrected chi connectivity index (χ4v) is 3.50. The summed E-state index contributed by atoms with van der Waals surface area (Å²) < 4.78 is 21.0. The van der Waals surface area contributed by atoms with Gasteiger partial charge in [0, 0.05) is 11.3 Å². The average Bonchev–Trinajstić information content (AvgIpc) is 3.11. The lowest BCUT2D eigenvalue weighted by Crippen LogP contribution is -1.97. The second-order valence-electron chi connectivity index (χ2n) is 5.80. The van der Waals surface area contributed by atoms with Gasteiger partial charge < -0.3 is 4.74 Å². The molecule has 4 rings (SSSR count). The van der Waals surface area contributed by atoms with E-state index in [4.69, 9.17) is 4.74 Å². The molecular formula is C20H17FN4OS. The van der Waals surface area contributed by atoms with Gasteiger partial charge in [0.05, 0.1) is 6.61 Å². The van der Waals surface area contributed by atoms with Gasteiger partial charge >= 0.3 is 0 Å². The highest BCUT2D eigenvalue weighted by Crippen LogP contribution is 2.25. The van der Waals surface area contributed by atoms with Crippen LogP contribution in [-0.2, 0) is 5.75 Å². The molecule has 0 aliphatic rings. The Morgan fingerprint density at radius 1 is 1.00 bits per heavy atom. The normalized spacial score (nSPS) is 11.0. The highest BCUT2D eigenvalue weighted by Gasteiger charge is 2.11. The topological polar surface area (TPSA) is 52.3 Å². The minimum atomic E-state index is -0.203. The van der Waals surface area contributed by atoms with Gasteiger partial charge in [-0.2, -0.15) is 9.61 Å². The molecule has 2 aromatic heterocycles. The highest BCUT2D eigenvalue weighted by atomic mass is 32.2. The number of benzene rings is 2. The van der Waals surface area contributed by atoms with Crippen LogP contribution in [-0.4, -0.2) is 26.4 Å². The van der Waals surface area contributed by atoms with Crippen LogP contribution in [0.15, 0.2) is 65.7 Å². The molecule has 0 saturated heterocycles. The van der Waals surface area contributed by atoms with E-state index in [0.29, 0.717) is 29.4 Å². The van der Waals surface area contributed by atoms with Crippen LogP contribution in [0, 0.1) is 5.82 Å². The van der Waals surface area contributed by atoms with Gasteiger partial charge in [0.25, 0.3) is 0 Å². The van der Waals surface area contributed by atoms with Gasteiger partial charge in [0.2, 0.25) is 0 Å². The van der Waals surface area contributed by atoms with E-state index >= 15 is 0 Å². The lowest BCUT2D eigenvalue weighted by molar-refractivity contribution is 0.340. The van der Waals surface area contributed by atoms with E-state index in [9.17, 15) is 4.39 Å². The highest BCUT2D eigenvalue weighted by molar-refractivity contribution is 7.98. The van der Waals surface area contributed by atoms with E-state index in [-0.39, 0.29) is 5.82 Å². The third-order valence-electron chi connectivity index (χ3n) is 4.00. The third-order valence-corrected chi connectivity index (χ3v) is 4.96. The van der Waals surface area contributed by atoms with Crippen LogP contribution in [0.2, 0.25) is 0 Å². The quantitative estimate of drug-likeness (QED) is 0.457. The summed E-state index contributed by atoms with van der Waals surface area (Å²) in [6.45, 7) is 2.57. The standard InChI is InChI=1S/C20H17FN4OS/c1-2-26-16-9-7-14(8-10-16)20-23-22-18-11-12-19(24-25(18)20)27-13-15-5-3-4-6-17(15)21/h3-12H,2,13H2,1H3. The van der Waals surface area contributed by atoms with Crippen LogP contribution < -0.4 is 4.74 Å². The number of fused-ring (bicyclic) bond motifs is 1. The van der Waals surface area contributed by atoms with Crippen molar-refractivity contribution in [1.29, 1.82) is 0 Å². The van der Waals surface area contributed by atoms with Crippen molar-refractivity contribution in [2.45, 2.75) is 17.7 Å². The molecule has 27 heavy (non-hydrogen) atoms. The number of ether oxygens (including phenoxy) is 1. The Balaban J connectivity index is 1.60. The Labute approximate surface area is 160 Å². The summed E-state index contributed by atoms with van der Waals surface area (Å²) in [5.41, 5.74) is 2.21. The fourth-order valence-electron chi connectivity index (χ4n) is 2.66. The zero-order valence-corrected chi connectivity index (χ0v) is 15.5. The molecule has 0 unspecified atom stereocenters. The summed E-state index contributed by atoms with van der Waals surface area (Å²) in [5, 5.41) is 13.8. The molecule has 0 aliphatic carbocycles. The zero-order chi connectivity index (χ0) is 18.6. The molecule has 4 aromatic rings. The lowest BCUT2D eigenvalue weighted by atomic mass is 10.2. The van der Waals surface area contributed by atoms with E-state index < -0.39 is 0 Å². The average molecular weight is 380 g/mol. The van der Waals surface area contributed by atoms with Gasteiger partial charge in [-0.05, 0) is 55.0 Å². The molecule has 136 valence electrons. The summed E-state index contributed by atoms with van der Waals surface area (Å²) in [5.74, 6) is 1.77. The lowest BCUT2D eigenvalue weighted by Gasteiger charge is -2.05.